The minimum absolute atomic E-state index is 0.0287. The van der Waals surface area contributed by atoms with Crippen LogP contribution in [0, 0.1) is 0 Å². The molecule has 0 saturated carbocycles. The van der Waals surface area contributed by atoms with Crippen molar-refractivity contribution in [2.75, 3.05) is 23.1 Å². The monoisotopic (exact) mass is 498 g/mol. The number of hydrogen-bond donors (Lipinski definition) is 4. The second kappa shape index (κ2) is 14.7. The van der Waals surface area contributed by atoms with Crippen molar-refractivity contribution in [3.05, 3.63) is 29.8 Å². The first-order valence-corrected chi connectivity index (χ1v) is 13.0. The SMILES string of the molecule is CCc1ccccc1NC(=O)CSC(=O)NNC(=O)C[C@@H](CCSC)NC(=O)OC(C)(C)C. The molecule has 0 fully saturated rings. The van der Waals surface area contributed by atoms with Gasteiger partial charge in [0.2, 0.25) is 11.8 Å². The van der Waals surface area contributed by atoms with Crippen LogP contribution in [0.25, 0.3) is 0 Å². The predicted octanol–water partition coefficient (Wildman–Crippen LogP) is 3.70. The molecule has 0 unspecified atom stereocenters. The van der Waals surface area contributed by atoms with Gasteiger partial charge in [-0.3, -0.25) is 25.2 Å². The van der Waals surface area contributed by atoms with Crippen molar-refractivity contribution in [1.82, 2.24) is 16.2 Å². The summed E-state index contributed by atoms with van der Waals surface area (Å²) in [5.74, 6) is -0.142. The largest absolute Gasteiger partial charge is 0.444 e. The highest BCUT2D eigenvalue weighted by Gasteiger charge is 2.21. The van der Waals surface area contributed by atoms with Gasteiger partial charge >= 0.3 is 6.09 Å². The third-order valence-electron chi connectivity index (χ3n) is 4.13. The molecule has 1 atom stereocenters. The number of nitrogens with one attached hydrogen (secondary N) is 4. The summed E-state index contributed by atoms with van der Waals surface area (Å²) in [6, 6.07) is 7.01. The third-order valence-corrected chi connectivity index (χ3v) is 5.55. The van der Waals surface area contributed by atoms with E-state index < -0.39 is 28.9 Å². The number of carbonyl (C=O) groups is 4. The van der Waals surface area contributed by atoms with Crippen LogP contribution >= 0.6 is 23.5 Å². The van der Waals surface area contributed by atoms with Crippen LogP contribution < -0.4 is 21.5 Å². The number of aryl methyl sites for hydroxylation is 1. The number of para-hydroxylation sites is 1. The van der Waals surface area contributed by atoms with Gasteiger partial charge in [0.15, 0.2) is 0 Å². The molecule has 0 bridgehead atoms. The summed E-state index contributed by atoms with van der Waals surface area (Å²) in [6.45, 7) is 7.26. The van der Waals surface area contributed by atoms with E-state index in [-0.39, 0.29) is 18.1 Å². The van der Waals surface area contributed by atoms with Crippen molar-refractivity contribution in [3.8, 4) is 0 Å². The molecule has 4 N–H and O–H groups in total. The molecule has 9 nitrogen and oxygen atoms in total. The fraction of sp³-hybridized carbons (Fsp3) is 0.545. The van der Waals surface area contributed by atoms with Gasteiger partial charge in [-0.05, 0) is 57.3 Å². The van der Waals surface area contributed by atoms with Crippen LogP contribution in [0.4, 0.5) is 15.3 Å². The van der Waals surface area contributed by atoms with E-state index in [1.165, 1.54) is 0 Å². The van der Waals surface area contributed by atoms with Crippen molar-refractivity contribution >= 4 is 52.4 Å². The van der Waals surface area contributed by atoms with E-state index in [1.54, 1.807) is 38.6 Å². The fourth-order valence-electron chi connectivity index (χ4n) is 2.66. The number of amides is 4. The topological polar surface area (TPSA) is 126 Å². The van der Waals surface area contributed by atoms with Gasteiger partial charge in [-0.15, -0.1) is 0 Å². The highest BCUT2D eigenvalue weighted by molar-refractivity contribution is 8.14. The Morgan fingerprint density at radius 1 is 1.06 bits per heavy atom. The number of anilines is 1. The van der Waals surface area contributed by atoms with Crippen LogP contribution in [0.2, 0.25) is 0 Å². The average Bonchev–Trinajstić information content (AvgIpc) is 2.73. The molecule has 0 heterocycles. The summed E-state index contributed by atoms with van der Waals surface area (Å²) in [4.78, 5) is 48.3. The number of carbonyl (C=O) groups excluding carboxylic acids is 4. The Balaban J connectivity index is 2.42. The zero-order valence-electron chi connectivity index (χ0n) is 19.8. The summed E-state index contributed by atoms with van der Waals surface area (Å²) in [5.41, 5.74) is 5.66. The molecule has 1 rings (SSSR count). The van der Waals surface area contributed by atoms with E-state index in [4.69, 9.17) is 4.74 Å². The highest BCUT2D eigenvalue weighted by atomic mass is 32.2. The number of benzene rings is 1. The van der Waals surface area contributed by atoms with Crippen LogP contribution in [-0.4, -0.2) is 52.6 Å². The average molecular weight is 499 g/mol. The van der Waals surface area contributed by atoms with Crippen LogP contribution in [0.1, 0.15) is 46.1 Å². The van der Waals surface area contributed by atoms with Crippen LogP contribution in [-0.2, 0) is 20.7 Å². The maximum atomic E-state index is 12.2. The van der Waals surface area contributed by atoms with Crippen molar-refractivity contribution < 1.29 is 23.9 Å². The Bertz CT molecular complexity index is 814. The molecule has 0 aliphatic carbocycles. The molecule has 33 heavy (non-hydrogen) atoms. The summed E-state index contributed by atoms with van der Waals surface area (Å²) < 4.78 is 5.24. The molecular weight excluding hydrogens is 464 g/mol. The van der Waals surface area contributed by atoms with Gasteiger partial charge in [-0.2, -0.15) is 11.8 Å². The fourth-order valence-corrected chi connectivity index (χ4v) is 3.64. The smallest absolute Gasteiger partial charge is 0.407 e. The Labute approximate surface area is 203 Å². The van der Waals surface area contributed by atoms with Gasteiger partial charge < -0.3 is 15.4 Å². The van der Waals surface area contributed by atoms with E-state index in [0.717, 1.165) is 29.5 Å². The second-order valence-corrected chi connectivity index (χ2v) is 10.1. The Hall–Kier alpha value is -2.40. The quantitative estimate of drug-likeness (QED) is 0.362. The van der Waals surface area contributed by atoms with E-state index in [1.807, 2.05) is 31.4 Å². The second-order valence-electron chi connectivity index (χ2n) is 8.14. The van der Waals surface area contributed by atoms with Gasteiger partial charge in [0.1, 0.15) is 5.60 Å². The number of alkyl carbamates (subject to hydrolysis) is 1. The van der Waals surface area contributed by atoms with Gasteiger partial charge in [0.25, 0.3) is 5.24 Å². The van der Waals surface area contributed by atoms with Crippen molar-refractivity contribution in [2.45, 2.75) is 58.6 Å². The summed E-state index contributed by atoms with van der Waals surface area (Å²) in [7, 11) is 0. The molecule has 0 saturated heterocycles. The van der Waals surface area contributed by atoms with Crippen LogP contribution in [0.5, 0.6) is 0 Å². The van der Waals surface area contributed by atoms with Gasteiger partial charge in [-0.25, -0.2) is 4.79 Å². The lowest BCUT2D eigenvalue weighted by atomic mass is 10.1. The van der Waals surface area contributed by atoms with Crippen molar-refractivity contribution in [1.29, 1.82) is 0 Å². The molecule has 0 aliphatic heterocycles. The molecule has 4 amide bonds. The molecular formula is C22H34N4O5S2. The van der Waals surface area contributed by atoms with E-state index in [2.05, 4.69) is 21.5 Å². The molecule has 184 valence electrons. The normalized spacial score (nSPS) is 11.8. The first-order chi connectivity index (χ1) is 15.5. The number of thioether (sulfide) groups is 2. The summed E-state index contributed by atoms with van der Waals surface area (Å²) in [6.07, 6.45) is 2.64. The highest BCUT2D eigenvalue weighted by Crippen LogP contribution is 2.16. The number of ether oxygens (including phenoxy) is 1. The first kappa shape index (κ1) is 28.6. The molecule has 0 radical (unpaired) electrons. The van der Waals surface area contributed by atoms with Crippen molar-refractivity contribution in [3.63, 3.8) is 0 Å². The summed E-state index contributed by atoms with van der Waals surface area (Å²) in [5, 5.41) is 4.91. The number of rotatable bonds is 10. The number of hydrazine groups is 1. The third kappa shape index (κ3) is 13.0. The van der Waals surface area contributed by atoms with Crippen molar-refractivity contribution in [2.24, 2.45) is 0 Å². The maximum absolute atomic E-state index is 12.2. The molecule has 11 heteroatoms. The molecule has 0 aliphatic rings. The molecule has 1 aromatic carbocycles. The van der Waals surface area contributed by atoms with E-state index >= 15 is 0 Å². The first-order valence-electron chi connectivity index (χ1n) is 10.6. The lowest BCUT2D eigenvalue weighted by Gasteiger charge is -2.23. The van der Waals surface area contributed by atoms with Gasteiger partial charge in [-0.1, -0.05) is 36.9 Å². The minimum atomic E-state index is -0.646. The lowest BCUT2D eigenvalue weighted by molar-refractivity contribution is -0.122. The number of hydrogen-bond acceptors (Lipinski definition) is 7. The Morgan fingerprint density at radius 2 is 1.76 bits per heavy atom. The van der Waals surface area contributed by atoms with E-state index in [9.17, 15) is 19.2 Å². The zero-order chi connectivity index (χ0) is 24.9. The Kier molecular flexibility index (Phi) is 12.7. The Morgan fingerprint density at radius 3 is 2.39 bits per heavy atom. The standard InChI is InChI=1S/C22H34N4O5S2/c1-6-15-9-7-8-10-17(15)24-19(28)14-33-21(30)26-25-18(27)13-16(11-12-32-5)23-20(29)31-22(2,3)4/h7-10,16H,6,11-14H2,1-5H3,(H,23,29)(H,24,28)(H,25,27)(H,26,30)/t16-/m1/s1. The molecule has 0 spiro atoms. The zero-order valence-corrected chi connectivity index (χ0v) is 21.4. The van der Waals surface area contributed by atoms with Crippen LogP contribution in [0.15, 0.2) is 24.3 Å². The van der Waals surface area contributed by atoms with Crippen LogP contribution in [0.3, 0.4) is 0 Å². The predicted molar refractivity (Wildman–Crippen MR) is 134 cm³/mol. The lowest BCUT2D eigenvalue weighted by Crippen LogP contribution is -2.45. The van der Waals surface area contributed by atoms with Gasteiger partial charge in [0.05, 0.1) is 5.75 Å². The minimum Gasteiger partial charge on any atom is -0.444 e. The summed E-state index contributed by atoms with van der Waals surface area (Å²) >= 11 is 2.33. The van der Waals surface area contributed by atoms with Gasteiger partial charge in [0, 0.05) is 18.2 Å². The molecule has 1 aromatic rings. The van der Waals surface area contributed by atoms with E-state index in [0.29, 0.717) is 12.1 Å². The maximum Gasteiger partial charge on any atom is 0.407 e. The molecule has 0 aromatic heterocycles.